The van der Waals surface area contributed by atoms with E-state index in [-0.39, 0.29) is 17.8 Å². The van der Waals surface area contributed by atoms with Crippen LogP contribution in [-0.4, -0.2) is 24.8 Å². The van der Waals surface area contributed by atoms with E-state index >= 15 is 0 Å². The molecule has 2 aromatic heterocycles. The molecule has 0 fully saturated rings. The highest BCUT2D eigenvalue weighted by molar-refractivity contribution is 5.84. The van der Waals surface area contributed by atoms with E-state index < -0.39 is 23.3 Å². The molecule has 0 unspecified atom stereocenters. The molecule has 0 spiro atoms. The lowest BCUT2D eigenvalue weighted by atomic mass is 10.1. The largest absolute Gasteiger partial charge is 0.416 e. The number of aromatic nitrogens is 4. The maximum atomic E-state index is 13.6. The maximum absolute atomic E-state index is 13.6. The van der Waals surface area contributed by atoms with Gasteiger partial charge in [-0.3, -0.25) is 9.36 Å². The molecule has 4 aromatic rings. The minimum Gasteiger partial charge on any atom is -0.274 e. The molecule has 10 heteroatoms. The number of hydrogen-bond donors (Lipinski definition) is 0. The lowest BCUT2D eigenvalue weighted by Crippen LogP contribution is -2.29. The molecule has 0 aliphatic carbocycles. The molecule has 0 aliphatic heterocycles. The Morgan fingerprint density at radius 2 is 1.81 bits per heavy atom. The number of hydrogen-bond acceptors (Lipinski definition) is 3. The predicted octanol–water partition coefficient (Wildman–Crippen LogP) is 6.20. The third kappa shape index (κ3) is 4.47. The van der Waals surface area contributed by atoms with Gasteiger partial charge in [0, 0.05) is 6.42 Å². The number of rotatable bonds is 6. The Morgan fingerprint density at radius 1 is 1.08 bits per heavy atom. The molecule has 0 radical (unpaired) electrons. The monoisotopic (exact) mass is 493 g/mol. The van der Waals surface area contributed by atoms with Crippen LogP contribution in [0, 0.1) is 13.5 Å². The normalized spacial score (nSPS) is 11.4. The highest BCUT2D eigenvalue weighted by atomic mass is 19.4. The van der Waals surface area contributed by atoms with Gasteiger partial charge in [-0.05, 0) is 49.7 Å². The summed E-state index contributed by atoms with van der Waals surface area (Å²) in [6, 6.07) is 12.7. The van der Waals surface area contributed by atoms with Crippen LogP contribution < -0.4 is 5.69 Å². The van der Waals surface area contributed by atoms with Crippen molar-refractivity contribution in [1.29, 1.82) is 0 Å². The molecule has 0 bridgehead atoms. The first kappa shape index (κ1) is 24.7. The van der Waals surface area contributed by atoms with Gasteiger partial charge in [-0.2, -0.15) is 18.3 Å². The highest BCUT2D eigenvalue weighted by Crippen LogP contribution is 2.32. The molecule has 0 saturated carbocycles. The second-order valence-corrected chi connectivity index (χ2v) is 8.19. The first-order chi connectivity index (χ1) is 17.2. The number of halogens is 3. The summed E-state index contributed by atoms with van der Waals surface area (Å²) in [5.74, 6) is -0.457. The van der Waals surface area contributed by atoms with Crippen LogP contribution in [0.15, 0.2) is 65.6 Å². The van der Waals surface area contributed by atoms with Crippen LogP contribution in [0.3, 0.4) is 0 Å². The molecule has 0 aliphatic rings. The summed E-state index contributed by atoms with van der Waals surface area (Å²) in [6.45, 7) is 10.6. The molecular formula is C26H22F3N5O2. The molecule has 0 N–H and O–H groups in total. The van der Waals surface area contributed by atoms with Crippen molar-refractivity contribution < 1.29 is 18.0 Å². The van der Waals surface area contributed by atoms with Gasteiger partial charge in [0.05, 0.1) is 46.8 Å². The Balaban J connectivity index is 1.97. The summed E-state index contributed by atoms with van der Waals surface area (Å²) in [7, 11) is 0. The maximum Gasteiger partial charge on any atom is 0.416 e. The molecule has 0 saturated heterocycles. The van der Waals surface area contributed by atoms with Crippen LogP contribution in [0.2, 0.25) is 0 Å². The minimum absolute atomic E-state index is 0.00286. The Kier molecular flexibility index (Phi) is 6.66. The number of nitrogens with zero attached hydrogens (tertiary/aromatic N) is 5. The zero-order valence-electron chi connectivity index (χ0n) is 19.6. The van der Waals surface area contributed by atoms with Gasteiger partial charge in [-0.15, -0.1) is 0 Å². The highest BCUT2D eigenvalue weighted by Gasteiger charge is 2.32. The summed E-state index contributed by atoms with van der Waals surface area (Å²) in [5.41, 5.74) is 0.328. The summed E-state index contributed by atoms with van der Waals surface area (Å²) in [5, 5.41) is 4.33. The van der Waals surface area contributed by atoms with Crippen LogP contribution in [0.4, 0.5) is 18.9 Å². The molecule has 0 atom stereocenters. The Morgan fingerprint density at radius 3 is 2.44 bits per heavy atom. The van der Waals surface area contributed by atoms with Gasteiger partial charge in [-0.25, -0.2) is 18.9 Å². The Bertz CT molecular complexity index is 1520. The standard InChI is InChI=1S/C26H22F3N5O2/c1-4-5-9-23(35)33-24(22-14-15-31-34(22)20-12-10-19(30-3)11-13-20)17(2)32(25(33)36)21-8-6-7-18(16-21)26(27,28)29/h6-8,10-16H,4-5,9H2,1-2H3. The molecule has 184 valence electrons. The summed E-state index contributed by atoms with van der Waals surface area (Å²) >= 11 is 0. The SMILES string of the molecule is [C-]#[N+]c1ccc(-n2nccc2-c2c(C)n(-c3cccc(C(F)(F)F)c3)c(=O)n2C(=O)CCCC)cc1. The van der Waals surface area contributed by atoms with Crippen LogP contribution in [0.25, 0.3) is 27.6 Å². The van der Waals surface area contributed by atoms with Crippen LogP contribution in [-0.2, 0) is 6.18 Å². The number of benzene rings is 2. The lowest BCUT2D eigenvalue weighted by molar-refractivity contribution is -0.137. The molecule has 4 rings (SSSR count). The zero-order valence-corrected chi connectivity index (χ0v) is 19.6. The fraction of sp³-hybridized carbons (Fsp3) is 0.231. The van der Waals surface area contributed by atoms with E-state index in [0.717, 1.165) is 27.7 Å². The topological polar surface area (TPSA) is 66.2 Å². The van der Waals surface area contributed by atoms with Crippen molar-refractivity contribution in [3.8, 4) is 22.8 Å². The summed E-state index contributed by atoms with van der Waals surface area (Å²) in [6.07, 6.45) is -1.70. The van der Waals surface area contributed by atoms with E-state index in [9.17, 15) is 22.8 Å². The molecule has 2 heterocycles. The van der Waals surface area contributed by atoms with Crippen molar-refractivity contribution in [2.45, 2.75) is 39.3 Å². The van der Waals surface area contributed by atoms with Crippen LogP contribution in [0.1, 0.15) is 42.2 Å². The second-order valence-electron chi connectivity index (χ2n) is 8.19. The van der Waals surface area contributed by atoms with Gasteiger partial charge in [0.2, 0.25) is 5.91 Å². The van der Waals surface area contributed by atoms with Crippen molar-refractivity contribution in [3.63, 3.8) is 0 Å². The first-order valence-electron chi connectivity index (χ1n) is 11.2. The lowest BCUT2D eigenvalue weighted by Gasteiger charge is -2.11. The average molecular weight is 493 g/mol. The average Bonchev–Trinajstić information content (AvgIpc) is 3.44. The van der Waals surface area contributed by atoms with Crippen LogP contribution in [0.5, 0.6) is 0 Å². The van der Waals surface area contributed by atoms with Gasteiger partial charge >= 0.3 is 11.9 Å². The number of carbonyl (C=O) groups is 1. The van der Waals surface area contributed by atoms with E-state index in [4.69, 9.17) is 6.57 Å². The quantitative estimate of drug-likeness (QED) is 0.301. The summed E-state index contributed by atoms with van der Waals surface area (Å²) in [4.78, 5) is 30.1. The number of imidazole rings is 1. The van der Waals surface area contributed by atoms with Crippen molar-refractivity contribution in [2.75, 3.05) is 0 Å². The van der Waals surface area contributed by atoms with Crippen molar-refractivity contribution in [2.24, 2.45) is 0 Å². The summed E-state index contributed by atoms with van der Waals surface area (Å²) < 4.78 is 43.8. The fourth-order valence-electron chi connectivity index (χ4n) is 4.06. The number of alkyl halides is 3. The van der Waals surface area contributed by atoms with E-state index in [1.54, 1.807) is 37.3 Å². The van der Waals surface area contributed by atoms with Crippen LogP contribution >= 0.6 is 0 Å². The predicted molar refractivity (Wildman–Crippen MR) is 129 cm³/mol. The van der Waals surface area contributed by atoms with Crippen molar-refractivity contribution in [3.05, 3.63) is 94.0 Å². The van der Waals surface area contributed by atoms with Crippen molar-refractivity contribution in [1.82, 2.24) is 18.9 Å². The van der Waals surface area contributed by atoms with E-state index in [1.807, 2.05) is 6.92 Å². The van der Waals surface area contributed by atoms with Gasteiger partial charge in [-0.1, -0.05) is 31.5 Å². The smallest absolute Gasteiger partial charge is 0.274 e. The zero-order chi connectivity index (χ0) is 26.0. The van der Waals surface area contributed by atoms with Gasteiger partial charge < -0.3 is 0 Å². The molecule has 7 nitrogen and oxygen atoms in total. The third-order valence-electron chi connectivity index (χ3n) is 5.82. The van der Waals surface area contributed by atoms with Crippen molar-refractivity contribution >= 4 is 11.6 Å². The second kappa shape index (κ2) is 9.70. The Hall–Kier alpha value is -4.39. The number of carbonyl (C=O) groups excluding carboxylic acids is 1. The number of unbranched alkanes of at least 4 members (excludes halogenated alkanes) is 1. The van der Waals surface area contributed by atoms with Gasteiger partial charge in [0.15, 0.2) is 5.69 Å². The van der Waals surface area contributed by atoms with Gasteiger partial charge in [0.25, 0.3) is 0 Å². The molecular weight excluding hydrogens is 471 g/mol. The van der Waals surface area contributed by atoms with E-state index in [0.29, 0.717) is 29.2 Å². The third-order valence-corrected chi connectivity index (χ3v) is 5.82. The molecule has 0 amide bonds. The minimum atomic E-state index is -4.59. The first-order valence-corrected chi connectivity index (χ1v) is 11.2. The fourth-order valence-corrected chi connectivity index (χ4v) is 4.06. The van der Waals surface area contributed by atoms with Gasteiger partial charge in [0.1, 0.15) is 0 Å². The van der Waals surface area contributed by atoms with E-state index in [2.05, 4.69) is 9.94 Å². The Labute approximate surface area is 204 Å². The van der Waals surface area contributed by atoms with E-state index in [1.165, 1.54) is 23.0 Å². The molecule has 2 aromatic carbocycles. The molecule has 36 heavy (non-hydrogen) atoms.